The number of rotatable bonds is 4. The molecule has 2 N–H and O–H groups in total. The monoisotopic (exact) mass is 216 g/mol. The van der Waals surface area contributed by atoms with Crippen LogP contribution in [0.1, 0.15) is 26.7 Å². The third-order valence-corrected chi connectivity index (χ3v) is 3.56. The van der Waals surface area contributed by atoms with E-state index in [9.17, 15) is 4.79 Å². The van der Waals surface area contributed by atoms with Crippen LogP contribution in [0, 0.1) is 0 Å². The van der Waals surface area contributed by atoms with Crippen molar-refractivity contribution in [3.63, 3.8) is 0 Å². The van der Waals surface area contributed by atoms with E-state index < -0.39 is 0 Å². The highest BCUT2D eigenvalue weighted by molar-refractivity contribution is 8.00. The fraction of sp³-hybridized carbons (Fsp3) is 0.900. The van der Waals surface area contributed by atoms with E-state index in [1.807, 2.05) is 18.7 Å². The molecule has 0 aromatic heterocycles. The van der Waals surface area contributed by atoms with Crippen LogP contribution in [-0.4, -0.2) is 40.9 Å². The average Bonchev–Trinajstić information content (AvgIpc) is 2.53. The van der Waals surface area contributed by atoms with E-state index in [-0.39, 0.29) is 11.4 Å². The lowest BCUT2D eigenvalue weighted by Gasteiger charge is -2.19. The first-order valence-corrected chi connectivity index (χ1v) is 6.29. The van der Waals surface area contributed by atoms with Gasteiger partial charge in [-0.05, 0) is 26.7 Å². The molecule has 1 amide bonds. The Morgan fingerprint density at radius 2 is 2.00 bits per heavy atom. The van der Waals surface area contributed by atoms with Gasteiger partial charge in [-0.15, -0.1) is 0 Å². The van der Waals surface area contributed by atoms with Gasteiger partial charge in [-0.3, -0.25) is 4.79 Å². The lowest BCUT2D eigenvalue weighted by molar-refractivity contribution is -0.127. The molecule has 0 aliphatic carbocycles. The Balaban J connectivity index is 2.15. The van der Waals surface area contributed by atoms with E-state index >= 15 is 0 Å². The minimum absolute atomic E-state index is 0.171. The molecule has 0 aromatic rings. The molecule has 1 rings (SSSR count). The Morgan fingerprint density at radius 1 is 1.43 bits per heavy atom. The van der Waals surface area contributed by atoms with Crippen LogP contribution in [0.4, 0.5) is 0 Å². The molecule has 82 valence electrons. The van der Waals surface area contributed by atoms with Crippen molar-refractivity contribution in [3.05, 3.63) is 0 Å². The second kappa shape index (κ2) is 5.03. The topological polar surface area (TPSA) is 46.3 Å². The van der Waals surface area contributed by atoms with Crippen LogP contribution < -0.4 is 5.73 Å². The molecule has 1 aliphatic heterocycles. The summed E-state index contributed by atoms with van der Waals surface area (Å²) in [6.45, 7) is 5.87. The van der Waals surface area contributed by atoms with Crippen molar-refractivity contribution in [2.75, 3.05) is 24.6 Å². The van der Waals surface area contributed by atoms with Crippen molar-refractivity contribution >= 4 is 17.7 Å². The number of carbonyl (C=O) groups excluding carboxylic acids is 1. The molecule has 4 heteroatoms. The normalized spacial score (nSPS) is 17.5. The van der Waals surface area contributed by atoms with Crippen molar-refractivity contribution in [2.45, 2.75) is 32.2 Å². The summed E-state index contributed by atoms with van der Waals surface area (Å²) in [7, 11) is 0. The Morgan fingerprint density at radius 3 is 2.50 bits per heavy atom. The third kappa shape index (κ3) is 4.33. The number of nitrogens with two attached hydrogens (primary N) is 1. The fourth-order valence-corrected chi connectivity index (χ4v) is 2.44. The number of amides is 1. The molecule has 0 unspecified atom stereocenters. The van der Waals surface area contributed by atoms with Crippen molar-refractivity contribution < 1.29 is 4.79 Å². The van der Waals surface area contributed by atoms with Crippen LogP contribution in [0.3, 0.4) is 0 Å². The van der Waals surface area contributed by atoms with Crippen LogP contribution in [0.25, 0.3) is 0 Å². The van der Waals surface area contributed by atoms with Gasteiger partial charge >= 0.3 is 0 Å². The highest BCUT2D eigenvalue weighted by Gasteiger charge is 2.18. The van der Waals surface area contributed by atoms with Gasteiger partial charge in [0.1, 0.15) is 0 Å². The quantitative estimate of drug-likeness (QED) is 0.765. The minimum Gasteiger partial charge on any atom is -0.342 e. The first-order chi connectivity index (χ1) is 6.49. The predicted octanol–water partition coefficient (Wildman–Crippen LogP) is 1.08. The summed E-state index contributed by atoms with van der Waals surface area (Å²) in [5.41, 5.74) is 5.66. The number of hydrogen-bond donors (Lipinski definition) is 1. The maximum absolute atomic E-state index is 11.6. The van der Waals surface area contributed by atoms with Crippen molar-refractivity contribution in [1.29, 1.82) is 0 Å². The fourth-order valence-electron chi connectivity index (χ4n) is 1.46. The van der Waals surface area contributed by atoms with Crippen molar-refractivity contribution in [2.24, 2.45) is 5.73 Å². The van der Waals surface area contributed by atoms with Crippen molar-refractivity contribution in [1.82, 2.24) is 4.90 Å². The van der Waals surface area contributed by atoms with Crippen LogP contribution >= 0.6 is 11.8 Å². The molecule has 1 fully saturated rings. The van der Waals surface area contributed by atoms with Crippen LogP contribution in [0.15, 0.2) is 0 Å². The molecule has 1 saturated heterocycles. The summed E-state index contributed by atoms with van der Waals surface area (Å²) in [4.78, 5) is 13.6. The van der Waals surface area contributed by atoms with Crippen molar-refractivity contribution in [3.8, 4) is 0 Å². The summed E-state index contributed by atoms with van der Waals surface area (Å²) in [5.74, 6) is 1.70. The smallest absolute Gasteiger partial charge is 0.232 e. The number of hydrogen-bond acceptors (Lipinski definition) is 3. The predicted molar refractivity (Wildman–Crippen MR) is 61.4 cm³/mol. The zero-order valence-electron chi connectivity index (χ0n) is 9.08. The maximum Gasteiger partial charge on any atom is 0.232 e. The van der Waals surface area contributed by atoms with Gasteiger partial charge in [0, 0.05) is 24.4 Å². The Bertz CT molecular complexity index is 195. The number of likely N-dealkylation sites (tertiary alicyclic amines) is 1. The molecule has 0 radical (unpaired) electrons. The standard InChI is InChI=1S/C10H20N2OS/c1-10(2,11)8-14-7-9(13)12-5-3-4-6-12/h3-8,11H2,1-2H3. The zero-order valence-corrected chi connectivity index (χ0v) is 9.90. The van der Waals surface area contributed by atoms with Crippen LogP contribution in [-0.2, 0) is 4.79 Å². The molecule has 3 nitrogen and oxygen atoms in total. The summed E-state index contributed by atoms with van der Waals surface area (Å²) in [6, 6.07) is 0. The van der Waals surface area contributed by atoms with Gasteiger partial charge in [0.15, 0.2) is 0 Å². The van der Waals surface area contributed by atoms with Gasteiger partial charge in [0.2, 0.25) is 5.91 Å². The molecule has 0 bridgehead atoms. The van der Waals surface area contributed by atoms with E-state index in [1.54, 1.807) is 11.8 Å². The van der Waals surface area contributed by atoms with Gasteiger partial charge in [0.25, 0.3) is 0 Å². The first-order valence-electron chi connectivity index (χ1n) is 5.13. The van der Waals surface area contributed by atoms with Crippen LogP contribution in [0.5, 0.6) is 0 Å². The van der Waals surface area contributed by atoms with E-state index in [1.165, 1.54) is 12.8 Å². The summed E-state index contributed by atoms with van der Waals surface area (Å²) < 4.78 is 0. The van der Waals surface area contributed by atoms with Gasteiger partial charge in [-0.25, -0.2) is 0 Å². The van der Waals surface area contributed by atoms with Gasteiger partial charge in [-0.1, -0.05) is 0 Å². The Hall–Kier alpha value is -0.220. The molecule has 1 aliphatic rings. The molecular weight excluding hydrogens is 196 g/mol. The molecule has 0 spiro atoms. The Labute approximate surface area is 90.4 Å². The number of thioether (sulfide) groups is 1. The average molecular weight is 216 g/mol. The largest absolute Gasteiger partial charge is 0.342 e. The lowest BCUT2D eigenvalue weighted by Crippen LogP contribution is -2.36. The summed E-state index contributed by atoms with van der Waals surface area (Å²) in [6.07, 6.45) is 2.33. The van der Waals surface area contributed by atoms with E-state index in [0.29, 0.717) is 5.75 Å². The third-order valence-electron chi connectivity index (χ3n) is 2.16. The lowest BCUT2D eigenvalue weighted by atomic mass is 10.1. The number of nitrogens with zero attached hydrogens (tertiary/aromatic N) is 1. The van der Waals surface area contributed by atoms with E-state index in [4.69, 9.17) is 5.73 Å². The SMILES string of the molecule is CC(C)(N)CSCC(=O)N1CCCC1. The van der Waals surface area contributed by atoms with Gasteiger partial charge in [-0.2, -0.15) is 11.8 Å². The molecule has 0 saturated carbocycles. The minimum atomic E-state index is -0.171. The molecule has 0 aromatic carbocycles. The molecule has 0 atom stereocenters. The summed E-state index contributed by atoms with van der Waals surface area (Å²) >= 11 is 1.64. The first kappa shape index (κ1) is 11.9. The van der Waals surface area contributed by atoms with E-state index in [2.05, 4.69) is 0 Å². The second-order valence-corrected chi connectivity index (χ2v) is 5.55. The molecule has 14 heavy (non-hydrogen) atoms. The highest BCUT2D eigenvalue weighted by Crippen LogP contribution is 2.13. The number of carbonyl (C=O) groups is 1. The van der Waals surface area contributed by atoms with Gasteiger partial charge < -0.3 is 10.6 Å². The maximum atomic E-state index is 11.6. The second-order valence-electron chi connectivity index (χ2n) is 4.57. The summed E-state index contributed by atoms with van der Waals surface area (Å²) in [5, 5.41) is 0. The zero-order chi connectivity index (χ0) is 10.6. The van der Waals surface area contributed by atoms with E-state index in [0.717, 1.165) is 18.8 Å². The Kier molecular flexibility index (Phi) is 4.26. The van der Waals surface area contributed by atoms with Crippen LogP contribution in [0.2, 0.25) is 0 Å². The van der Waals surface area contributed by atoms with Gasteiger partial charge in [0.05, 0.1) is 5.75 Å². The molecular formula is C10H20N2OS. The molecule has 1 heterocycles. The highest BCUT2D eigenvalue weighted by atomic mass is 32.2.